The molecule has 0 spiro atoms. The molecule has 2 saturated heterocycles. The molecule has 2 fully saturated rings. The van der Waals surface area contributed by atoms with Gasteiger partial charge >= 0.3 is 0 Å². The number of carbonyl (C=O) groups excluding carboxylic acids is 1. The van der Waals surface area contributed by atoms with Crippen molar-refractivity contribution < 1.29 is 4.79 Å². The molecule has 3 heteroatoms. The van der Waals surface area contributed by atoms with Crippen molar-refractivity contribution in [3.05, 3.63) is 0 Å². The van der Waals surface area contributed by atoms with Gasteiger partial charge in [-0.1, -0.05) is 6.92 Å². The molecular weight excluding hydrogens is 224 g/mol. The van der Waals surface area contributed by atoms with Crippen molar-refractivity contribution in [1.29, 1.82) is 0 Å². The fourth-order valence-electron chi connectivity index (χ4n) is 3.54. The zero-order valence-corrected chi connectivity index (χ0v) is 12.2. The van der Waals surface area contributed by atoms with Crippen molar-refractivity contribution >= 4 is 5.91 Å². The van der Waals surface area contributed by atoms with Crippen molar-refractivity contribution in [2.24, 2.45) is 11.8 Å². The van der Waals surface area contributed by atoms with Crippen molar-refractivity contribution in [1.82, 2.24) is 10.2 Å². The van der Waals surface area contributed by atoms with Crippen LogP contribution in [0, 0.1) is 11.8 Å². The number of rotatable bonds is 3. The normalized spacial score (nSPS) is 26.3. The highest BCUT2D eigenvalue weighted by Gasteiger charge is 2.36. The Balaban J connectivity index is 1.86. The molecule has 18 heavy (non-hydrogen) atoms. The first kappa shape index (κ1) is 13.9. The summed E-state index contributed by atoms with van der Waals surface area (Å²) in [5, 5.41) is 3.40. The van der Waals surface area contributed by atoms with Gasteiger partial charge in [0.1, 0.15) is 0 Å². The third-order valence-electron chi connectivity index (χ3n) is 4.89. The van der Waals surface area contributed by atoms with Gasteiger partial charge in [-0.3, -0.25) is 4.79 Å². The fraction of sp³-hybridized carbons (Fsp3) is 0.933. The molecule has 1 atom stereocenters. The van der Waals surface area contributed by atoms with Crippen LogP contribution in [0.3, 0.4) is 0 Å². The minimum atomic E-state index is 0.0882. The molecule has 2 rings (SSSR count). The Morgan fingerprint density at radius 1 is 1.39 bits per heavy atom. The number of hydrogen-bond donors (Lipinski definition) is 1. The van der Waals surface area contributed by atoms with Crippen LogP contribution >= 0.6 is 0 Å². The average Bonchev–Trinajstić information content (AvgIpc) is 2.70. The summed E-state index contributed by atoms with van der Waals surface area (Å²) in [4.78, 5) is 14.5. The molecule has 0 aromatic carbocycles. The van der Waals surface area contributed by atoms with Gasteiger partial charge in [0.2, 0.25) is 5.91 Å². The second-order valence-electron chi connectivity index (χ2n) is 6.73. The molecule has 0 aromatic rings. The lowest BCUT2D eigenvalue weighted by molar-refractivity contribution is -0.135. The first-order valence-corrected chi connectivity index (χ1v) is 7.52. The van der Waals surface area contributed by atoms with E-state index in [4.69, 9.17) is 0 Å². The zero-order chi connectivity index (χ0) is 13.2. The molecule has 2 heterocycles. The summed E-state index contributed by atoms with van der Waals surface area (Å²) in [6.45, 7) is 9.87. The van der Waals surface area contributed by atoms with E-state index in [9.17, 15) is 4.79 Å². The van der Waals surface area contributed by atoms with Crippen LogP contribution in [0.25, 0.3) is 0 Å². The van der Waals surface area contributed by atoms with Crippen LogP contribution in [-0.4, -0.2) is 36.0 Å². The summed E-state index contributed by atoms with van der Waals surface area (Å²) in [6, 6.07) is 0. The third kappa shape index (κ3) is 3.05. The number of piperidine rings is 1. The summed E-state index contributed by atoms with van der Waals surface area (Å²) < 4.78 is 0. The standard InChI is InChI=1S/C15H28N2O/c1-12(13-5-8-16-9-6-13)11-14(18)17-10-4-7-15(17,2)3/h12-13,16H,4-11H2,1-3H3. The molecule has 1 N–H and O–H groups in total. The van der Waals surface area contributed by atoms with Gasteiger partial charge in [-0.05, 0) is 64.5 Å². The Bertz CT molecular complexity index is 295. The van der Waals surface area contributed by atoms with Crippen LogP contribution in [0.4, 0.5) is 0 Å². The highest BCUT2D eigenvalue weighted by Crippen LogP contribution is 2.31. The van der Waals surface area contributed by atoms with E-state index in [1.165, 1.54) is 19.3 Å². The third-order valence-corrected chi connectivity index (χ3v) is 4.89. The highest BCUT2D eigenvalue weighted by molar-refractivity contribution is 5.77. The molecule has 2 aliphatic heterocycles. The quantitative estimate of drug-likeness (QED) is 0.836. The molecule has 0 radical (unpaired) electrons. The minimum absolute atomic E-state index is 0.0882. The van der Waals surface area contributed by atoms with Gasteiger partial charge in [0.15, 0.2) is 0 Å². The van der Waals surface area contributed by atoms with E-state index in [1.807, 2.05) is 0 Å². The summed E-state index contributed by atoms with van der Waals surface area (Å²) >= 11 is 0. The molecule has 0 aliphatic carbocycles. The number of likely N-dealkylation sites (tertiary alicyclic amines) is 1. The van der Waals surface area contributed by atoms with Crippen LogP contribution in [0.1, 0.15) is 52.9 Å². The van der Waals surface area contributed by atoms with Gasteiger partial charge in [-0.25, -0.2) is 0 Å². The maximum Gasteiger partial charge on any atom is 0.223 e. The molecule has 0 bridgehead atoms. The van der Waals surface area contributed by atoms with Crippen molar-refractivity contribution in [2.45, 2.75) is 58.4 Å². The van der Waals surface area contributed by atoms with Crippen molar-refractivity contribution in [2.75, 3.05) is 19.6 Å². The Hall–Kier alpha value is -0.570. The van der Waals surface area contributed by atoms with Crippen LogP contribution < -0.4 is 5.32 Å². The van der Waals surface area contributed by atoms with E-state index >= 15 is 0 Å². The second kappa shape index (κ2) is 5.60. The van der Waals surface area contributed by atoms with E-state index in [0.717, 1.165) is 38.4 Å². The Labute approximate surface area is 111 Å². The number of amides is 1. The summed E-state index contributed by atoms with van der Waals surface area (Å²) in [5.41, 5.74) is 0.0882. The lowest BCUT2D eigenvalue weighted by Gasteiger charge is -2.34. The fourth-order valence-corrected chi connectivity index (χ4v) is 3.54. The molecular formula is C15H28N2O. The second-order valence-corrected chi connectivity index (χ2v) is 6.73. The maximum atomic E-state index is 12.4. The van der Waals surface area contributed by atoms with Gasteiger partial charge in [-0.15, -0.1) is 0 Å². The zero-order valence-electron chi connectivity index (χ0n) is 12.2. The predicted molar refractivity (Wildman–Crippen MR) is 74.4 cm³/mol. The smallest absolute Gasteiger partial charge is 0.223 e. The van der Waals surface area contributed by atoms with E-state index in [-0.39, 0.29) is 5.54 Å². The summed E-state index contributed by atoms with van der Waals surface area (Å²) in [5.74, 6) is 1.65. The van der Waals surface area contributed by atoms with Crippen molar-refractivity contribution in [3.8, 4) is 0 Å². The van der Waals surface area contributed by atoms with E-state index in [1.54, 1.807) is 0 Å². The number of nitrogens with zero attached hydrogens (tertiary/aromatic N) is 1. The van der Waals surface area contributed by atoms with E-state index < -0.39 is 0 Å². The molecule has 1 amide bonds. The van der Waals surface area contributed by atoms with Gasteiger partial charge < -0.3 is 10.2 Å². The molecule has 2 aliphatic rings. The Kier molecular flexibility index (Phi) is 4.31. The molecule has 1 unspecified atom stereocenters. The molecule has 0 aromatic heterocycles. The lowest BCUT2D eigenvalue weighted by atomic mass is 9.83. The number of hydrogen-bond acceptors (Lipinski definition) is 2. The average molecular weight is 252 g/mol. The predicted octanol–water partition coefficient (Wildman–Crippen LogP) is 2.41. The molecule has 3 nitrogen and oxygen atoms in total. The van der Waals surface area contributed by atoms with E-state index in [0.29, 0.717) is 11.8 Å². The lowest BCUT2D eigenvalue weighted by Crippen LogP contribution is -2.43. The van der Waals surface area contributed by atoms with Crippen molar-refractivity contribution in [3.63, 3.8) is 0 Å². The first-order chi connectivity index (χ1) is 8.50. The van der Waals surface area contributed by atoms with E-state index in [2.05, 4.69) is 31.0 Å². The number of nitrogens with one attached hydrogen (secondary N) is 1. The molecule has 104 valence electrons. The highest BCUT2D eigenvalue weighted by atomic mass is 16.2. The minimum Gasteiger partial charge on any atom is -0.338 e. The van der Waals surface area contributed by atoms with Crippen LogP contribution in [0.5, 0.6) is 0 Å². The van der Waals surface area contributed by atoms with Gasteiger partial charge in [0.25, 0.3) is 0 Å². The largest absolute Gasteiger partial charge is 0.338 e. The SMILES string of the molecule is CC(CC(=O)N1CCCC1(C)C)C1CCNCC1. The number of carbonyl (C=O) groups is 1. The van der Waals surface area contributed by atoms with Gasteiger partial charge in [0.05, 0.1) is 0 Å². The van der Waals surface area contributed by atoms with Gasteiger partial charge in [-0.2, -0.15) is 0 Å². The van der Waals surface area contributed by atoms with Gasteiger partial charge in [0, 0.05) is 18.5 Å². The van der Waals surface area contributed by atoms with Crippen LogP contribution in [0.2, 0.25) is 0 Å². The monoisotopic (exact) mass is 252 g/mol. The maximum absolute atomic E-state index is 12.4. The Morgan fingerprint density at radius 2 is 2.06 bits per heavy atom. The Morgan fingerprint density at radius 3 is 2.61 bits per heavy atom. The summed E-state index contributed by atoms with van der Waals surface area (Å²) in [7, 11) is 0. The summed E-state index contributed by atoms with van der Waals surface area (Å²) in [6.07, 6.45) is 5.53. The van der Waals surface area contributed by atoms with Crippen LogP contribution in [-0.2, 0) is 4.79 Å². The van der Waals surface area contributed by atoms with Crippen LogP contribution in [0.15, 0.2) is 0 Å². The molecule has 0 saturated carbocycles. The first-order valence-electron chi connectivity index (χ1n) is 7.52. The topological polar surface area (TPSA) is 32.3 Å².